The second-order valence-corrected chi connectivity index (χ2v) is 6.27. The van der Waals surface area contributed by atoms with Gasteiger partial charge in [0.05, 0.1) is 10.5 Å². The Labute approximate surface area is 120 Å². The standard InChI is InChI=1S/C13H13F3N2O2S/c1-9-2-7-12(17-8-9)18-21(19,20)11-5-3-10(4-6-11)13(14,15)16/h3-6,8H,2,7H2,1H3,(H,17,18). The molecule has 0 atom stereocenters. The van der Waals surface area contributed by atoms with E-state index in [1.807, 2.05) is 6.92 Å². The van der Waals surface area contributed by atoms with E-state index in [4.69, 9.17) is 0 Å². The summed E-state index contributed by atoms with van der Waals surface area (Å²) >= 11 is 0. The van der Waals surface area contributed by atoms with Crippen molar-refractivity contribution in [3.05, 3.63) is 41.6 Å². The molecule has 8 heteroatoms. The van der Waals surface area contributed by atoms with Crippen LogP contribution in [-0.4, -0.2) is 14.3 Å². The Morgan fingerprint density at radius 3 is 2.24 bits per heavy atom. The second-order valence-electron chi connectivity index (χ2n) is 4.67. The van der Waals surface area contributed by atoms with Gasteiger partial charge >= 0.3 is 6.18 Å². The van der Waals surface area contributed by atoms with E-state index in [1.54, 1.807) is 6.20 Å². The number of nitrogens with one attached hydrogen (secondary N) is 1. The maximum absolute atomic E-state index is 12.4. The van der Waals surface area contributed by atoms with Gasteiger partial charge in [0.2, 0.25) is 0 Å². The lowest BCUT2D eigenvalue weighted by Gasteiger charge is -2.13. The van der Waals surface area contributed by atoms with Gasteiger partial charge in [0, 0.05) is 12.6 Å². The van der Waals surface area contributed by atoms with Crippen LogP contribution in [0.3, 0.4) is 0 Å². The normalized spacial score (nSPS) is 18.3. The van der Waals surface area contributed by atoms with Crippen LogP contribution in [0.5, 0.6) is 0 Å². The van der Waals surface area contributed by atoms with Crippen molar-refractivity contribution in [1.82, 2.24) is 5.32 Å². The first-order valence-corrected chi connectivity index (χ1v) is 7.56. The third kappa shape index (κ3) is 3.84. The number of nitrogens with zero attached hydrogens (tertiary/aromatic N) is 1. The molecule has 0 spiro atoms. The summed E-state index contributed by atoms with van der Waals surface area (Å²) < 4.78 is 64.9. The average Bonchev–Trinajstić information content (AvgIpc) is 2.40. The fourth-order valence-electron chi connectivity index (χ4n) is 1.75. The van der Waals surface area contributed by atoms with Gasteiger partial charge in [-0.1, -0.05) is 5.57 Å². The molecule has 1 aromatic carbocycles. The molecule has 1 aliphatic rings. The van der Waals surface area contributed by atoms with Gasteiger partial charge in [-0.15, -0.1) is 4.40 Å². The first kappa shape index (κ1) is 15.6. The predicted molar refractivity (Wildman–Crippen MR) is 72.2 cm³/mol. The SMILES string of the molecule is CC1=CNC(=NS(=O)(=O)c2ccc(C(F)(F)F)cc2)CC1. The third-order valence-electron chi connectivity index (χ3n) is 2.95. The fourth-order valence-corrected chi connectivity index (χ4v) is 2.77. The number of halogens is 3. The zero-order valence-electron chi connectivity index (χ0n) is 11.1. The molecule has 0 bridgehead atoms. The largest absolute Gasteiger partial charge is 0.416 e. The van der Waals surface area contributed by atoms with E-state index in [9.17, 15) is 21.6 Å². The summed E-state index contributed by atoms with van der Waals surface area (Å²) in [4.78, 5) is -0.268. The van der Waals surface area contributed by atoms with Crippen molar-refractivity contribution in [1.29, 1.82) is 0 Å². The highest BCUT2D eigenvalue weighted by Crippen LogP contribution is 2.30. The zero-order valence-corrected chi connectivity index (χ0v) is 11.9. The van der Waals surface area contributed by atoms with Gasteiger partial charge in [0.25, 0.3) is 10.0 Å². The Balaban J connectivity index is 2.26. The first-order valence-electron chi connectivity index (χ1n) is 6.12. The van der Waals surface area contributed by atoms with Gasteiger partial charge in [-0.2, -0.15) is 21.6 Å². The van der Waals surface area contributed by atoms with E-state index < -0.39 is 21.8 Å². The van der Waals surface area contributed by atoms with Gasteiger partial charge in [0.1, 0.15) is 5.84 Å². The number of hydrogen-bond donors (Lipinski definition) is 1. The van der Waals surface area contributed by atoms with Crippen molar-refractivity contribution in [3.8, 4) is 0 Å². The summed E-state index contributed by atoms with van der Waals surface area (Å²) in [6.07, 6.45) is -1.71. The van der Waals surface area contributed by atoms with Gasteiger partial charge in [-0.3, -0.25) is 0 Å². The monoisotopic (exact) mass is 318 g/mol. The predicted octanol–water partition coefficient (Wildman–Crippen LogP) is 3.08. The Kier molecular flexibility index (Phi) is 4.08. The minimum Gasteiger partial charge on any atom is -0.349 e. The van der Waals surface area contributed by atoms with Crippen LogP contribution in [0.2, 0.25) is 0 Å². The molecule has 114 valence electrons. The second kappa shape index (κ2) is 5.51. The van der Waals surface area contributed by atoms with E-state index >= 15 is 0 Å². The molecule has 0 amide bonds. The molecule has 1 aromatic rings. The highest BCUT2D eigenvalue weighted by Gasteiger charge is 2.30. The number of hydrogen-bond acceptors (Lipinski definition) is 2. The van der Waals surface area contributed by atoms with Crippen LogP contribution in [-0.2, 0) is 16.2 Å². The number of rotatable bonds is 2. The molecule has 0 aliphatic carbocycles. The van der Waals surface area contributed by atoms with Crippen LogP contribution in [0.25, 0.3) is 0 Å². The minimum atomic E-state index is -4.50. The van der Waals surface area contributed by atoms with Crippen molar-refractivity contribution in [2.45, 2.75) is 30.8 Å². The molecule has 21 heavy (non-hydrogen) atoms. The van der Waals surface area contributed by atoms with E-state index in [1.165, 1.54) is 0 Å². The molecule has 1 aliphatic heterocycles. The number of amidine groups is 1. The van der Waals surface area contributed by atoms with Crippen LogP contribution in [0.4, 0.5) is 13.2 Å². The maximum atomic E-state index is 12.4. The van der Waals surface area contributed by atoms with Crippen LogP contribution >= 0.6 is 0 Å². The maximum Gasteiger partial charge on any atom is 0.416 e. The average molecular weight is 318 g/mol. The van der Waals surface area contributed by atoms with Crippen LogP contribution in [0.1, 0.15) is 25.3 Å². The molecular formula is C13H13F3N2O2S. The van der Waals surface area contributed by atoms with Crippen LogP contribution < -0.4 is 5.32 Å². The third-order valence-corrected chi connectivity index (χ3v) is 4.28. The molecule has 1 heterocycles. The summed E-state index contributed by atoms with van der Waals surface area (Å²) in [5.74, 6) is 0.278. The highest BCUT2D eigenvalue weighted by atomic mass is 32.2. The minimum absolute atomic E-state index is 0.268. The zero-order chi connectivity index (χ0) is 15.7. The lowest BCUT2D eigenvalue weighted by Crippen LogP contribution is -2.23. The van der Waals surface area contributed by atoms with Crippen molar-refractivity contribution in [2.75, 3.05) is 0 Å². The van der Waals surface area contributed by atoms with E-state index in [0.29, 0.717) is 12.8 Å². The van der Waals surface area contributed by atoms with Gasteiger partial charge < -0.3 is 5.32 Å². The summed E-state index contributed by atoms with van der Waals surface area (Å²) in [7, 11) is -4.01. The molecule has 0 radical (unpaired) electrons. The molecular weight excluding hydrogens is 305 g/mol. The Bertz CT molecular complexity index is 689. The molecule has 0 saturated heterocycles. The van der Waals surface area contributed by atoms with Gasteiger partial charge in [0.15, 0.2) is 0 Å². The summed E-state index contributed by atoms with van der Waals surface area (Å²) in [6.45, 7) is 1.90. The number of allylic oxidation sites excluding steroid dienone is 1. The van der Waals surface area contributed by atoms with Crippen LogP contribution in [0.15, 0.2) is 45.3 Å². The molecule has 4 nitrogen and oxygen atoms in total. The Morgan fingerprint density at radius 1 is 1.14 bits per heavy atom. The van der Waals surface area contributed by atoms with Crippen LogP contribution in [0, 0.1) is 0 Å². The van der Waals surface area contributed by atoms with Gasteiger partial charge in [-0.25, -0.2) is 0 Å². The van der Waals surface area contributed by atoms with Gasteiger partial charge in [-0.05, 0) is 37.6 Å². The fraction of sp³-hybridized carbons (Fsp3) is 0.308. The molecule has 0 aromatic heterocycles. The smallest absolute Gasteiger partial charge is 0.349 e. The highest BCUT2D eigenvalue weighted by molar-refractivity contribution is 7.90. The topological polar surface area (TPSA) is 58.5 Å². The van der Waals surface area contributed by atoms with E-state index in [-0.39, 0.29) is 10.7 Å². The lowest BCUT2D eigenvalue weighted by molar-refractivity contribution is -0.137. The van der Waals surface area contributed by atoms with E-state index in [2.05, 4.69) is 9.71 Å². The molecule has 1 N–H and O–H groups in total. The summed E-state index contributed by atoms with van der Waals surface area (Å²) in [5, 5.41) is 2.76. The Hall–Kier alpha value is -1.83. The van der Waals surface area contributed by atoms with E-state index in [0.717, 1.165) is 29.8 Å². The number of benzene rings is 1. The van der Waals surface area contributed by atoms with Crippen molar-refractivity contribution in [2.24, 2.45) is 4.40 Å². The molecule has 0 unspecified atom stereocenters. The Morgan fingerprint density at radius 2 is 1.76 bits per heavy atom. The van der Waals surface area contributed by atoms with Crippen molar-refractivity contribution in [3.63, 3.8) is 0 Å². The number of alkyl halides is 3. The quantitative estimate of drug-likeness (QED) is 0.911. The molecule has 2 rings (SSSR count). The summed E-state index contributed by atoms with van der Waals surface area (Å²) in [5.41, 5.74) is 0.171. The van der Waals surface area contributed by atoms with Crippen molar-refractivity contribution >= 4 is 15.9 Å². The summed E-state index contributed by atoms with van der Waals surface area (Å²) in [6, 6.07) is 3.27. The van der Waals surface area contributed by atoms with Crippen molar-refractivity contribution < 1.29 is 21.6 Å². The molecule has 0 fully saturated rings. The lowest BCUT2D eigenvalue weighted by atomic mass is 10.1. The molecule has 0 saturated carbocycles. The number of sulfonamides is 1. The first-order chi connectivity index (χ1) is 9.68.